The van der Waals surface area contributed by atoms with Crippen LogP contribution >= 0.6 is 0 Å². The van der Waals surface area contributed by atoms with Crippen LogP contribution in [0.4, 0.5) is 14.7 Å². The zero-order chi connectivity index (χ0) is 10.1. The van der Waals surface area contributed by atoms with Crippen LogP contribution in [0.2, 0.25) is 0 Å². The fraction of sp³-hybridized carbons (Fsp3) is 0.667. The molecule has 1 N–H and O–H groups in total. The molecule has 0 radical (unpaired) electrons. The van der Waals surface area contributed by atoms with E-state index < -0.39 is 6.43 Å². The maximum absolute atomic E-state index is 12.0. The van der Waals surface area contributed by atoms with Crippen molar-refractivity contribution in [1.29, 1.82) is 0 Å². The molecule has 1 aromatic heterocycles. The normalized spacial score (nSPS) is 16.3. The average molecular weight is 201 g/mol. The minimum atomic E-state index is -2.33. The standard InChI is InChI=1S/C9H13F2N3/c1-6-5-14(7-2-3-7)9(13-6)12-4-8(10)11/h5,7-8H,2-4H2,1H3,(H,12,13). The van der Waals surface area contributed by atoms with Gasteiger partial charge < -0.3 is 9.88 Å². The Morgan fingerprint density at radius 1 is 1.64 bits per heavy atom. The molecular formula is C9H13F2N3. The molecule has 1 fully saturated rings. The summed E-state index contributed by atoms with van der Waals surface area (Å²) in [5.41, 5.74) is 0.869. The first-order valence-corrected chi connectivity index (χ1v) is 4.74. The zero-order valence-corrected chi connectivity index (χ0v) is 8.00. The second-order valence-corrected chi connectivity index (χ2v) is 3.62. The predicted molar refractivity (Wildman–Crippen MR) is 49.7 cm³/mol. The Morgan fingerprint density at radius 3 is 2.93 bits per heavy atom. The van der Waals surface area contributed by atoms with Gasteiger partial charge in [-0.05, 0) is 19.8 Å². The third-order valence-corrected chi connectivity index (χ3v) is 2.21. The highest BCUT2D eigenvalue weighted by atomic mass is 19.3. The number of nitrogens with one attached hydrogen (secondary N) is 1. The Hall–Kier alpha value is -1.13. The highest BCUT2D eigenvalue weighted by Crippen LogP contribution is 2.37. The minimum Gasteiger partial charge on any atom is -0.350 e. The van der Waals surface area contributed by atoms with Gasteiger partial charge in [0, 0.05) is 12.2 Å². The summed E-state index contributed by atoms with van der Waals surface area (Å²) >= 11 is 0. The van der Waals surface area contributed by atoms with Crippen molar-refractivity contribution in [2.24, 2.45) is 0 Å². The average Bonchev–Trinajstić information content (AvgIpc) is 2.87. The van der Waals surface area contributed by atoms with Crippen LogP contribution in [0.5, 0.6) is 0 Å². The summed E-state index contributed by atoms with van der Waals surface area (Å²) in [5, 5.41) is 2.66. The topological polar surface area (TPSA) is 29.9 Å². The number of imidazole rings is 1. The monoisotopic (exact) mass is 201 g/mol. The molecule has 0 aliphatic heterocycles. The molecule has 5 heteroatoms. The van der Waals surface area contributed by atoms with Gasteiger partial charge in [0.1, 0.15) is 0 Å². The SMILES string of the molecule is Cc1cn(C2CC2)c(NCC(F)F)n1. The lowest BCUT2D eigenvalue weighted by molar-refractivity contribution is 0.163. The van der Waals surface area contributed by atoms with Gasteiger partial charge >= 0.3 is 0 Å². The lowest BCUT2D eigenvalue weighted by Crippen LogP contribution is -2.13. The maximum atomic E-state index is 12.0. The highest BCUT2D eigenvalue weighted by molar-refractivity contribution is 5.30. The van der Waals surface area contributed by atoms with E-state index in [0.29, 0.717) is 12.0 Å². The third kappa shape index (κ3) is 2.02. The number of hydrogen-bond donors (Lipinski definition) is 1. The Bertz CT molecular complexity index is 318. The van der Waals surface area contributed by atoms with E-state index in [4.69, 9.17) is 0 Å². The molecule has 0 aromatic carbocycles. The molecule has 1 aliphatic rings. The number of halogens is 2. The van der Waals surface area contributed by atoms with Crippen LogP contribution in [0, 0.1) is 6.92 Å². The number of alkyl halides is 2. The number of nitrogens with zero attached hydrogens (tertiary/aromatic N) is 2. The molecule has 0 amide bonds. The van der Waals surface area contributed by atoms with Crippen LogP contribution in [0.15, 0.2) is 6.20 Å². The molecular weight excluding hydrogens is 188 g/mol. The molecule has 0 bridgehead atoms. The molecule has 3 nitrogen and oxygen atoms in total. The molecule has 0 unspecified atom stereocenters. The van der Waals surface area contributed by atoms with E-state index in [9.17, 15) is 8.78 Å². The molecule has 0 saturated heterocycles. The Balaban J connectivity index is 2.06. The van der Waals surface area contributed by atoms with Gasteiger partial charge in [-0.2, -0.15) is 0 Å². The molecule has 1 aliphatic carbocycles. The maximum Gasteiger partial charge on any atom is 0.255 e. The number of anilines is 1. The number of rotatable bonds is 4. The molecule has 2 rings (SSSR count). The van der Waals surface area contributed by atoms with Crippen LogP contribution in [-0.2, 0) is 0 Å². The first kappa shape index (κ1) is 9.43. The summed E-state index contributed by atoms with van der Waals surface area (Å²) in [7, 11) is 0. The van der Waals surface area contributed by atoms with Crippen molar-refractivity contribution in [2.75, 3.05) is 11.9 Å². The third-order valence-electron chi connectivity index (χ3n) is 2.21. The van der Waals surface area contributed by atoms with Gasteiger partial charge in [0.15, 0.2) is 0 Å². The molecule has 78 valence electrons. The lowest BCUT2D eigenvalue weighted by atomic mass is 10.5. The van der Waals surface area contributed by atoms with Crippen LogP contribution in [0.3, 0.4) is 0 Å². The molecule has 1 aromatic rings. The summed E-state index contributed by atoms with van der Waals surface area (Å²) in [6.45, 7) is 1.54. The Morgan fingerprint density at radius 2 is 2.36 bits per heavy atom. The smallest absolute Gasteiger partial charge is 0.255 e. The molecule has 14 heavy (non-hydrogen) atoms. The second-order valence-electron chi connectivity index (χ2n) is 3.62. The van der Waals surface area contributed by atoms with E-state index in [1.54, 1.807) is 0 Å². The lowest BCUT2D eigenvalue weighted by Gasteiger charge is -2.07. The van der Waals surface area contributed by atoms with Crippen molar-refractivity contribution in [3.8, 4) is 0 Å². The van der Waals surface area contributed by atoms with E-state index >= 15 is 0 Å². The van der Waals surface area contributed by atoms with E-state index in [0.717, 1.165) is 18.5 Å². The molecule has 0 atom stereocenters. The van der Waals surface area contributed by atoms with Gasteiger partial charge in [-0.25, -0.2) is 13.8 Å². The first-order chi connectivity index (χ1) is 6.66. The van der Waals surface area contributed by atoms with Crippen molar-refractivity contribution < 1.29 is 8.78 Å². The number of aryl methyl sites for hydroxylation is 1. The van der Waals surface area contributed by atoms with Crippen LogP contribution in [0.25, 0.3) is 0 Å². The van der Waals surface area contributed by atoms with Crippen LogP contribution < -0.4 is 5.32 Å². The fourth-order valence-electron chi connectivity index (χ4n) is 1.45. The fourth-order valence-corrected chi connectivity index (χ4v) is 1.45. The predicted octanol–water partition coefficient (Wildman–Crippen LogP) is 2.20. The van der Waals surface area contributed by atoms with E-state index in [-0.39, 0.29) is 6.54 Å². The first-order valence-electron chi connectivity index (χ1n) is 4.74. The van der Waals surface area contributed by atoms with Crippen molar-refractivity contribution in [3.05, 3.63) is 11.9 Å². The Kier molecular flexibility index (Phi) is 2.39. The van der Waals surface area contributed by atoms with Crippen molar-refractivity contribution in [3.63, 3.8) is 0 Å². The van der Waals surface area contributed by atoms with E-state index in [1.165, 1.54) is 0 Å². The second kappa shape index (κ2) is 3.55. The summed E-state index contributed by atoms with van der Waals surface area (Å²) < 4.78 is 25.9. The van der Waals surface area contributed by atoms with E-state index in [2.05, 4.69) is 10.3 Å². The van der Waals surface area contributed by atoms with Gasteiger partial charge in [0.2, 0.25) is 5.95 Å². The van der Waals surface area contributed by atoms with Crippen LogP contribution in [0.1, 0.15) is 24.6 Å². The van der Waals surface area contributed by atoms with Gasteiger partial charge in [-0.3, -0.25) is 0 Å². The molecule has 1 heterocycles. The summed E-state index contributed by atoms with van der Waals surface area (Å²) in [6.07, 6.45) is 1.82. The van der Waals surface area contributed by atoms with Gasteiger partial charge in [0.05, 0.1) is 12.2 Å². The zero-order valence-electron chi connectivity index (χ0n) is 8.00. The van der Waals surface area contributed by atoms with Crippen molar-refractivity contribution in [1.82, 2.24) is 9.55 Å². The summed E-state index contributed by atoms with van der Waals surface area (Å²) in [4.78, 5) is 4.16. The quantitative estimate of drug-likeness (QED) is 0.809. The Labute approximate surface area is 81.1 Å². The number of hydrogen-bond acceptors (Lipinski definition) is 2. The largest absolute Gasteiger partial charge is 0.350 e. The molecule has 0 spiro atoms. The van der Waals surface area contributed by atoms with E-state index in [1.807, 2.05) is 17.7 Å². The van der Waals surface area contributed by atoms with Crippen molar-refractivity contribution >= 4 is 5.95 Å². The van der Waals surface area contributed by atoms with Crippen LogP contribution in [-0.4, -0.2) is 22.5 Å². The molecule has 1 saturated carbocycles. The summed E-state index contributed by atoms with van der Waals surface area (Å²) in [6, 6.07) is 0.469. The van der Waals surface area contributed by atoms with Gasteiger partial charge in [0.25, 0.3) is 6.43 Å². The summed E-state index contributed by atoms with van der Waals surface area (Å²) in [5.74, 6) is 0.574. The minimum absolute atomic E-state index is 0.330. The van der Waals surface area contributed by atoms with Crippen molar-refractivity contribution in [2.45, 2.75) is 32.2 Å². The van der Waals surface area contributed by atoms with Gasteiger partial charge in [-0.15, -0.1) is 0 Å². The highest BCUT2D eigenvalue weighted by Gasteiger charge is 2.26. The van der Waals surface area contributed by atoms with Gasteiger partial charge in [-0.1, -0.05) is 0 Å². The number of aromatic nitrogens is 2.